The fraction of sp³-hybridized carbons (Fsp3) is 0.421. The monoisotopic (exact) mass is 329 g/mol. The van der Waals surface area contributed by atoms with Crippen LogP contribution < -0.4 is 9.47 Å². The number of ether oxygens (including phenoxy) is 3. The fourth-order valence-corrected chi connectivity index (χ4v) is 3.48. The number of esters is 1. The zero-order valence-electron chi connectivity index (χ0n) is 14.6. The molecule has 5 heteroatoms. The van der Waals surface area contributed by atoms with Crippen molar-refractivity contribution in [1.29, 1.82) is 0 Å². The van der Waals surface area contributed by atoms with Crippen LogP contribution in [0.2, 0.25) is 0 Å². The summed E-state index contributed by atoms with van der Waals surface area (Å²) in [6.45, 7) is 2.90. The molecule has 0 amide bonds. The third-order valence-electron chi connectivity index (χ3n) is 4.74. The zero-order valence-corrected chi connectivity index (χ0v) is 14.6. The Morgan fingerprint density at radius 1 is 1.21 bits per heavy atom. The minimum Gasteiger partial charge on any atom is -0.493 e. The van der Waals surface area contributed by atoms with E-state index in [-0.39, 0.29) is 11.9 Å². The lowest BCUT2D eigenvalue weighted by atomic mass is 9.85. The maximum Gasteiger partial charge on any atom is 0.336 e. The van der Waals surface area contributed by atoms with Gasteiger partial charge in [-0.1, -0.05) is 13.0 Å². The van der Waals surface area contributed by atoms with Gasteiger partial charge in [0.05, 0.1) is 32.6 Å². The van der Waals surface area contributed by atoms with E-state index in [2.05, 4.69) is 24.1 Å². The van der Waals surface area contributed by atoms with Gasteiger partial charge in [0, 0.05) is 24.2 Å². The van der Waals surface area contributed by atoms with Gasteiger partial charge in [0.2, 0.25) is 0 Å². The number of carbonyl (C=O) groups is 1. The van der Waals surface area contributed by atoms with Crippen molar-refractivity contribution in [2.45, 2.75) is 19.8 Å². The van der Waals surface area contributed by atoms with E-state index >= 15 is 0 Å². The summed E-state index contributed by atoms with van der Waals surface area (Å²) in [6.07, 6.45) is 5.90. The van der Waals surface area contributed by atoms with Gasteiger partial charge in [-0.3, -0.25) is 0 Å². The Kier molecular flexibility index (Phi) is 4.51. The van der Waals surface area contributed by atoms with Gasteiger partial charge in [0.15, 0.2) is 11.5 Å². The van der Waals surface area contributed by atoms with Crippen LogP contribution in [0.5, 0.6) is 11.5 Å². The Morgan fingerprint density at radius 3 is 2.54 bits per heavy atom. The lowest BCUT2D eigenvalue weighted by Gasteiger charge is -2.37. The molecule has 1 aromatic carbocycles. The third-order valence-corrected chi connectivity index (χ3v) is 4.74. The van der Waals surface area contributed by atoms with E-state index in [4.69, 9.17) is 14.2 Å². The van der Waals surface area contributed by atoms with Gasteiger partial charge in [0.1, 0.15) is 0 Å². The van der Waals surface area contributed by atoms with Crippen LogP contribution >= 0.6 is 0 Å². The van der Waals surface area contributed by atoms with Crippen LogP contribution in [-0.4, -0.2) is 38.7 Å². The quantitative estimate of drug-likeness (QED) is 0.795. The second-order valence-electron chi connectivity index (χ2n) is 5.92. The Labute approximate surface area is 142 Å². The van der Waals surface area contributed by atoms with Gasteiger partial charge in [-0.2, -0.15) is 0 Å². The molecule has 0 N–H and O–H groups in total. The average molecular weight is 329 g/mol. The molecule has 128 valence electrons. The first-order valence-corrected chi connectivity index (χ1v) is 8.17. The number of benzene rings is 1. The Balaban J connectivity index is 2.24. The summed E-state index contributed by atoms with van der Waals surface area (Å²) in [5, 5.41) is 0. The molecule has 2 aliphatic rings. The van der Waals surface area contributed by atoms with Crippen molar-refractivity contribution in [3.8, 4) is 11.5 Å². The predicted octanol–water partition coefficient (Wildman–Crippen LogP) is 3.00. The number of rotatable bonds is 4. The molecular formula is C19H23NO4. The molecule has 0 spiro atoms. The van der Waals surface area contributed by atoms with Crippen LogP contribution in [0.25, 0.3) is 5.70 Å². The van der Waals surface area contributed by atoms with Gasteiger partial charge in [-0.15, -0.1) is 0 Å². The lowest BCUT2D eigenvalue weighted by molar-refractivity contribution is -0.136. The van der Waals surface area contributed by atoms with Gasteiger partial charge in [-0.05, 0) is 30.5 Å². The normalized spacial score (nSPS) is 18.8. The maximum atomic E-state index is 12.5. The number of nitrogens with zero attached hydrogens (tertiary/aromatic N) is 1. The van der Waals surface area contributed by atoms with Crippen molar-refractivity contribution in [2.24, 2.45) is 5.92 Å². The predicted molar refractivity (Wildman–Crippen MR) is 91.8 cm³/mol. The summed E-state index contributed by atoms with van der Waals surface area (Å²) in [5.74, 6) is 1.16. The van der Waals surface area contributed by atoms with Gasteiger partial charge in [-0.25, -0.2) is 4.79 Å². The van der Waals surface area contributed by atoms with Crippen LogP contribution in [-0.2, 0) is 16.0 Å². The molecule has 0 fully saturated rings. The number of hydrogen-bond donors (Lipinski definition) is 0. The summed E-state index contributed by atoms with van der Waals surface area (Å²) in [6, 6.07) is 3.97. The van der Waals surface area contributed by atoms with Crippen LogP contribution in [0.4, 0.5) is 0 Å². The second kappa shape index (κ2) is 6.59. The van der Waals surface area contributed by atoms with E-state index in [0.29, 0.717) is 11.5 Å². The van der Waals surface area contributed by atoms with Crippen molar-refractivity contribution in [3.05, 3.63) is 41.1 Å². The first-order valence-electron chi connectivity index (χ1n) is 8.17. The SMILES string of the molecule is CC[C@@H]1C=CN2CCc3cc(OC)c(OC)cc3C2=C1C(=O)OC. The van der Waals surface area contributed by atoms with E-state index in [9.17, 15) is 4.79 Å². The second-order valence-corrected chi connectivity index (χ2v) is 5.92. The van der Waals surface area contributed by atoms with Crippen molar-refractivity contribution in [1.82, 2.24) is 4.90 Å². The number of hydrogen-bond acceptors (Lipinski definition) is 5. The summed E-state index contributed by atoms with van der Waals surface area (Å²) < 4.78 is 15.9. The molecular weight excluding hydrogens is 306 g/mol. The van der Waals surface area contributed by atoms with Gasteiger partial charge < -0.3 is 19.1 Å². The average Bonchev–Trinajstić information content (AvgIpc) is 2.64. The van der Waals surface area contributed by atoms with Crippen molar-refractivity contribution >= 4 is 11.7 Å². The molecule has 2 aliphatic heterocycles. The first-order chi connectivity index (χ1) is 11.6. The molecule has 0 saturated carbocycles. The van der Waals surface area contributed by atoms with E-state index < -0.39 is 0 Å². The van der Waals surface area contributed by atoms with Crippen molar-refractivity contribution < 1.29 is 19.0 Å². The molecule has 1 atom stereocenters. The minimum absolute atomic E-state index is 0.0581. The number of methoxy groups -OCH3 is 3. The van der Waals surface area contributed by atoms with Crippen LogP contribution in [0.1, 0.15) is 24.5 Å². The van der Waals surface area contributed by atoms with E-state index in [0.717, 1.165) is 41.8 Å². The molecule has 3 rings (SSSR count). The molecule has 2 heterocycles. The highest BCUT2D eigenvalue weighted by Crippen LogP contribution is 2.42. The molecule has 0 aromatic heterocycles. The van der Waals surface area contributed by atoms with Crippen LogP contribution in [0, 0.1) is 5.92 Å². The molecule has 24 heavy (non-hydrogen) atoms. The fourth-order valence-electron chi connectivity index (χ4n) is 3.48. The Bertz CT molecular complexity index is 720. The molecule has 0 bridgehead atoms. The minimum atomic E-state index is -0.270. The number of fused-ring (bicyclic) bond motifs is 3. The van der Waals surface area contributed by atoms with Crippen LogP contribution in [0.3, 0.4) is 0 Å². The smallest absolute Gasteiger partial charge is 0.336 e. The molecule has 0 radical (unpaired) electrons. The standard InChI is InChI=1S/C19H23NO4/c1-5-12-6-8-20-9-7-13-10-15(22-2)16(23-3)11-14(13)18(20)17(12)19(21)24-4/h6,8,10-12H,5,7,9H2,1-4H3/t12-/m1/s1. The van der Waals surface area contributed by atoms with Crippen molar-refractivity contribution in [3.63, 3.8) is 0 Å². The summed E-state index contributed by atoms with van der Waals surface area (Å²) >= 11 is 0. The number of allylic oxidation sites excluding steroid dienone is 1. The van der Waals surface area contributed by atoms with Crippen LogP contribution in [0.15, 0.2) is 30.0 Å². The first kappa shape index (κ1) is 16.4. The molecule has 5 nitrogen and oxygen atoms in total. The van der Waals surface area contributed by atoms with Gasteiger partial charge in [0.25, 0.3) is 0 Å². The zero-order chi connectivity index (χ0) is 17.3. The Hall–Kier alpha value is -2.43. The van der Waals surface area contributed by atoms with E-state index in [1.54, 1.807) is 14.2 Å². The molecule has 0 unspecified atom stereocenters. The Morgan fingerprint density at radius 2 is 1.92 bits per heavy atom. The number of carbonyl (C=O) groups excluding carboxylic acids is 1. The topological polar surface area (TPSA) is 48.0 Å². The molecule has 1 aromatic rings. The van der Waals surface area contributed by atoms with E-state index in [1.165, 1.54) is 7.11 Å². The molecule has 0 saturated heterocycles. The highest BCUT2D eigenvalue weighted by Gasteiger charge is 2.33. The lowest BCUT2D eigenvalue weighted by Crippen LogP contribution is -2.32. The van der Waals surface area contributed by atoms with Gasteiger partial charge >= 0.3 is 5.97 Å². The summed E-state index contributed by atoms with van der Waals surface area (Å²) in [4.78, 5) is 14.6. The highest BCUT2D eigenvalue weighted by atomic mass is 16.5. The third kappa shape index (κ3) is 2.54. The summed E-state index contributed by atoms with van der Waals surface area (Å²) in [7, 11) is 4.69. The summed E-state index contributed by atoms with van der Waals surface area (Å²) in [5.41, 5.74) is 3.82. The maximum absolute atomic E-state index is 12.5. The largest absolute Gasteiger partial charge is 0.493 e. The van der Waals surface area contributed by atoms with Crippen molar-refractivity contribution in [2.75, 3.05) is 27.9 Å². The highest BCUT2D eigenvalue weighted by molar-refractivity contribution is 5.99. The molecule has 0 aliphatic carbocycles. The van der Waals surface area contributed by atoms with E-state index in [1.807, 2.05) is 12.1 Å².